The van der Waals surface area contributed by atoms with Crippen LogP contribution >= 0.6 is 0 Å². The lowest BCUT2D eigenvalue weighted by atomic mass is 10.0. The van der Waals surface area contributed by atoms with Crippen molar-refractivity contribution in [1.82, 2.24) is 26.2 Å². The van der Waals surface area contributed by atoms with E-state index >= 15 is 0 Å². The van der Waals surface area contributed by atoms with E-state index in [1.165, 1.54) is 24.0 Å². The molecule has 1 aromatic carbocycles. The number of hydrogen-bond donors (Lipinski definition) is 8. The summed E-state index contributed by atoms with van der Waals surface area (Å²) in [5.41, 5.74) is 6.62. The highest BCUT2D eigenvalue weighted by Crippen LogP contribution is 2.21. The maximum absolute atomic E-state index is 13.9. The van der Waals surface area contributed by atoms with Crippen molar-refractivity contribution in [2.75, 3.05) is 6.54 Å². The quantitative estimate of drug-likeness (QED) is 0.107. The van der Waals surface area contributed by atoms with Gasteiger partial charge in [0.15, 0.2) is 0 Å². The van der Waals surface area contributed by atoms with E-state index in [1.54, 1.807) is 39.8 Å². The molecule has 6 atom stereocenters. The van der Waals surface area contributed by atoms with Crippen molar-refractivity contribution in [2.24, 2.45) is 17.6 Å². The van der Waals surface area contributed by atoms with Gasteiger partial charge in [0, 0.05) is 13.0 Å². The molecule has 0 spiro atoms. The van der Waals surface area contributed by atoms with Gasteiger partial charge in [0.1, 0.15) is 36.0 Å². The first-order valence-electron chi connectivity index (χ1n) is 15.4. The molecule has 1 heterocycles. The fourth-order valence-electron chi connectivity index (χ4n) is 4.95. The lowest BCUT2D eigenvalue weighted by molar-refractivity contribution is -0.144. The Morgan fingerprint density at radius 1 is 0.830 bits per heavy atom. The van der Waals surface area contributed by atoms with Crippen LogP contribution in [0.4, 0.5) is 0 Å². The van der Waals surface area contributed by atoms with Crippen LogP contribution < -0.4 is 27.0 Å². The van der Waals surface area contributed by atoms with Crippen LogP contribution in [0.3, 0.4) is 0 Å². The number of phenolic OH excluding ortho intramolecular Hbond substituents is 1. The summed E-state index contributed by atoms with van der Waals surface area (Å²) in [6.07, 6.45) is -0.233. The summed E-state index contributed by atoms with van der Waals surface area (Å²) in [5.74, 6) is -7.26. The zero-order valence-electron chi connectivity index (χ0n) is 27.2. The normalized spacial score (nSPS) is 17.6. The highest BCUT2D eigenvalue weighted by molar-refractivity contribution is 5.97. The largest absolute Gasteiger partial charge is 0.508 e. The minimum Gasteiger partial charge on any atom is -0.508 e. The van der Waals surface area contributed by atoms with E-state index in [1.807, 2.05) is 0 Å². The number of rotatable bonds is 16. The summed E-state index contributed by atoms with van der Waals surface area (Å²) in [5, 5.41) is 38.0. The fraction of sp³-hybridized carbons (Fsp3) is 0.581. The number of benzene rings is 1. The Bertz CT molecular complexity index is 1320. The molecule has 16 nitrogen and oxygen atoms in total. The van der Waals surface area contributed by atoms with Gasteiger partial charge in [-0.2, -0.15) is 0 Å². The van der Waals surface area contributed by atoms with E-state index in [0.717, 1.165) is 0 Å². The number of hydrogen-bond acceptors (Lipinski definition) is 9. The van der Waals surface area contributed by atoms with Crippen molar-refractivity contribution in [1.29, 1.82) is 0 Å². The van der Waals surface area contributed by atoms with Crippen LogP contribution in [0.5, 0.6) is 5.75 Å². The number of phenols is 1. The maximum Gasteiger partial charge on any atom is 0.325 e. The molecule has 1 aromatic rings. The van der Waals surface area contributed by atoms with Crippen LogP contribution in [-0.2, 0) is 40.0 Å². The Morgan fingerprint density at radius 3 is 1.98 bits per heavy atom. The van der Waals surface area contributed by atoms with Crippen LogP contribution in [0.25, 0.3) is 0 Å². The zero-order chi connectivity index (χ0) is 35.6. The molecule has 0 aliphatic carbocycles. The van der Waals surface area contributed by atoms with E-state index in [4.69, 9.17) is 10.8 Å². The van der Waals surface area contributed by atoms with E-state index in [0.29, 0.717) is 12.0 Å². The smallest absolute Gasteiger partial charge is 0.325 e. The summed E-state index contributed by atoms with van der Waals surface area (Å²) in [4.78, 5) is 90.3. The molecular weight excluding hydrogens is 616 g/mol. The van der Waals surface area contributed by atoms with Crippen molar-refractivity contribution in [3.63, 3.8) is 0 Å². The summed E-state index contributed by atoms with van der Waals surface area (Å²) < 4.78 is 0. The third-order valence-electron chi connectivity index (χ3n) is 7.84. The number of nitrogens with zero attached hydrogens (tertiary/aromatic N) is 1. The molecule has 0 bridgehead atoms. The number of likely N-dealkylation sites (tertiary alicyclic amines) is 1. The molecule has 1 aliphatic rings. The van der Waals surface area contributed by atoms with E-state index < -0.39 is 90.1 Å². The number of aromatic hydroxyl groups is 1. The Balaban J connectivity index is 2.28. The van der Waals surface area contributed by atoms with Gasteiger partial charge in [-0.1, -0.05) is 39.8 Å². The standard InChI is InChI=1S/C31H46N6O10/c1-15(2)24(32)28(43)35-21(13-18-8-10-19(38)11-9-18)30(45)37-12-6-7-22(37)27(42)34-20(14-23(39)40)26(41)36-25(16(3)4)29(44)33-17(5)31(46)47/h8-11,15-17,20-22,24-25,38H,6-7,12-14,32H2,1-5H3,(H,33,44)(H,34,42)(H,35,43)(H,36,41)(H,39,40)(H,46,47)/t17-,20+,21-,22-,24-,25-/m0/s1. The second-order valence-corrected chi connectivity index (χ2v) is 12.3. The monoisotopic (exact) mass is 662 g/mol. The number of carboxylic acids is 2. The molecule has 1 fully saturated rings. The Labute approximate surface area is 272 Å². The van der Waals surface area contributed by atoms with Gasteiger partial charge >= 0.3 is 11.9 Å². The van der Waals surface area contributed by atoms with Crippen LogP contribution in [0.2, 0.25) is 0 Å². The van der Waals surface area contributed by atoms with E-state index in [-0.39, 0.29) is 31.1 Å². The number of nitrogens with one attached hydrogen (secondary N) is 4. The average Bonchev–Trinajstić information content (AvgIpc) is 3.49. The van der Waals surface area contributed by atoms with Crippen LogP contribution in [-0.4, -0.2) is 104 Å². The molecule has 0 aromatic heterocycles. The predicted octanol–water partition coefficient (Wildman–Crippen LogP) is -0.917. The molecule has 16 heteroatoms. The molecule has 1 aliphatic heterocycles. The van der Waals surface area contributed by atoms with Gasteiger partial charge < -0.3 is 47.2 Å². The predicted molar refractivity (Wildman–Crippen MR) is 167 cm³/mol. The van der Waals surface area contributed by atoms with Crippen molar-refractivity contribution in [2.45, 2.75) is 96.6 Å². The highest BCUT2D eigenvalue weighted by atomic mass is 16.4. The number of aliphatic carboxylic acids is 2. The fourth-order valence-corrected chi connectivity index (χ4v) is 4.95. The number of carboxylic acid groups (broad SMARTS) is 2. The van der Waals surface area contributed by atoms with Gasteiger partial charge in [0.05, 0.1) is 12.5 Å². The topological polar surface area (TPSA) is 258 Å². The van der Waals surface area contributed by atoms with Gasteiger partial charge in [-0.3, -0.25) is 33.6 Å². The van der Waals surface area contributed by atoms with Gasteiger partial charge in [0.25, 0.3) is 0 Å². The van der Waals surface area contributed by atoms with Crippen LogP contribution in [0.1, 0.15) is 59.4 Å². The van der Waals surface area contributed by atoms with E-state index in [2.05, 4.69) is 21.3 Å². The van der Waals surface area contributed by atoms with Gasteiger partial charge in [0.2, 0.25) is 29.5 Å². The highest BCUT2D eigenvalue weighted by Gasteiger charge is 2.40. The minimum absolute atomic E-state index is 0.00823. The number of carbonyl (C=O) groups excluding carboxylic acids is 5. The average molecular weight is 663 g/mol. The SMILES string of the molecule is CC(C)[C@H](N)C(=O)N[C@@H](Cc1ccc(O)cc1)C(=O)N1CCC[C@H]1C(=O)N[C@H](CC(=O)O)C(=O)N[C@H](C(=O)N[C@@H](C)C(=O)O)C(C)C. The molecule has 260 valence electrons. The molecule has 2 rings (SSSR count). The molecule has 1 saturated heterocycles. The first-order chi connectivity index (χ1) is 21.9. The Hall–Kier alpha value is -4.73. The summed E-state index contributed by atoms with van der Waals surface area (Å²) in [7, 11) is 0. The molecule has 0 radical (unpaired) electrons. The molecule has 0 unspecified atom stereocenters. The minimum atomic E-state index is -1.64. The lowest BCUT2D eigenvalue weighted by Crippen LogP contribution is -2.60. The Morgan fingerprint density at radius 2 is 1.45 bits per heavy atom. The maximum atomic E-state index is 13.9. The zero-order valence-corrected chi connectivity index (χ0v) is 27.2. The van der Waals surface area contributed by atoms with Crippen LogP contribution in [0.15, 0.2) is 24.3 Å². The first kappa shape index (κ1) is 38.5. The molecule has 9 N–H and O–H groups in total. The van der Waals surface area contributed by atoms with Gasteiger partial charge in [-0.05, 0) is 49.3 Å². The summed E-state index contributed by atoms with van der Waals surface area (Å²) in [6, 6.07) is -1.28. The second-order valence-electron chi connectivity index (χ2n) is 12.3. The van der Waals surface area contributed by atoms with Crippen molar-refractivity contribution in [3.8, 4) is 5.75 Å². The number of nitrogens with two attached hydrogens (primary N) is 1. The van der Waals surface area contributed by atoms with E-state index in [9.17, 15) is 43.8 Å². The molecule has 47 heavy (non-hydrogen) atoms. The summed E-state index contributed by atoms with van der Waals surface area (Å²) in [6.45, 7) is 8.05. The third-order valence-corrected chi connectivity index (χ3v) is 7.84. The summed E-state index contributed by atoms with van der Waals surface area (Å²) >= 11 is 0. The lowest BCUT2D eigenvalue weighted by Gasteiger charge is -2.31. The van der Waals surface area contributed by atoms with Crippen molar-refractivity contribution < 1.29 is 48.9 Å². The first-order valence-corrected chi connectivity index (χ1v) is 15.4. The van der Waals surface area contributed by atoms with Crippen LogP contribution in [0, 0.1) is 11.8 Å². The second kappa shape index (κ2) is 17.3. The Kier molecular flexibility index (Phi) is 14.1. The van der Waals surface area contributed by atoms with Gasteiger partial charge in [-0.15, -0.1) is 0 Å². The molecule has 5 amide bonds. The molecule has 0 saturated carbocycles. The van der Waals surface area contributed by atoms with Crippen molar-refractivity contribution in [3.05, 3.63) is 29.8 Å². The number of carbonyl (C=O) groups is 7. The molecular formula is C31H46N6O10. The van der Waals surface area contributed by atoms with Gasteiger partial charge in [-0.25, -0.2) is 0 Å². The third kappa shape index (κ3) is 11.2. The van der Waals surface area contributed by atoms with Crippen molar-refractivity contribution >= 4 is 41.5 Å². The number of amides is 5.